The molecule has 1 aromatic rings. The summed E-state index contributed by atoms with van der Waals surface area (Å²) in [5.41, 5.74) is 0. The molecule has 3 rings (SSSR count). The van der Waals surface area contributed by atoms with Crippen molar-refractivity contribution in [3.05, 3.63) is 22.3 Å². The van der Waals surface area contributed by atoms with E-state index in [-0.39, 0.29) is 11.8 Å². The molecule has 0 saturated carbocycles. The minimum absolute atomic E-state index is 0.102. The van der Waals surface area contributed by atoms with Crippen LogP contribution in [0.4, 0.5) is 5.82 Å². The number of aromatic nitrogens is 1. The Hall–Kier alpha value is -1.04. The maximum Gasteiger partial charge on any atom is 0.225 e. The number of nitrogens with one attached hydrogen (secondary N) is 1. The van der Waals surface area contributed by atoms with Gasteiger partial charge in [0.2, 0.25) is 5.91 Å². The molecule has 0 radical (unpaired) electrons. The van der Waals surface area contributed by atoms with Gasteiger partial charge in [-0.05, 0) is 25.1 Å². The molecule has 5 nitrogen and oxygen atoms in total. The molecule has 3 heterocycles. The third kappa shape index (κ3) is 3.16. The molecule has 22 heavy (non-hydrogen) atoms. The molecule has 0 spiro atoms. The fourth-order valence-electron chi connectivity index (χ4n) is 2.93. The van der Waals surface area contributed by atoms with Crippen LogP contribution in [0.15, 0.2) is 12.3 Å². The Bertz CT molecular complexity index is 556. The number of rotatable bonds is 3. The molecule has 2 saturated heterocycles. The van der Waals surface area contributed by atoms with E-state index in [1.165, 1.54) is 0 Å². The fourth-order valence-corrected chi connectivity index (χ4v) is 3.43. The summed E-state index contributed by atoms with van der Waals surface area (Å²) in [5.74, 6) is 1.60. The molecule has 0 aliphatic carbocycles. The number of nitrogens with zero attached hydrogens (tertiary/aromatic N) is 3. The van der Waals surface area contributed by atoms with E-state index < -0.39 is 0 Å². The molecular weight excluding hydrogens is 323 g/mol. The van der Waals surface area contributed by atoms with E-state index in [9.17, 15) is 4.79 Å². The first kappa shape index (κ1) is 15.8. The first-order valence-electron chi connectivity index (χ1n) is 7.62. The molecule has 1 atom stereocenters. The molecule has 120 valence electrons. The quantitative estimate of drug-likeness (QED) is 0.911. The number of pyridine rings is 1. The molecule has 1 N–H and O–H groups in total. The van der Waals surface area contributed by atoms with E-state index >= 15 is 0 Å². The Labute approximate surface area is 140 Å². The average molecular weight is 343 g/mol. The van der Waals surface area contributed by atoms with Gasteiger partial charge in [-0.15, -0.1) is 0 Å². The van der Waals surface area contributed by atoms with Crippen molar-refractivity contribution in [2.24, 2.45) is 11.8 Å². The van der Waals surface area contributed by atoms with Crippen molar-refractivity contribution in [3.63, 3.8) is 0 Å². The van der Waals surface area contributed by atoms with Crippen LogP contribution in [0.25, 0.3) is 0 Å². The van der Waals surface area contributed by atoms with E-state index in [0.29, 0.717) is 29.1 Å². The standard InChI is InChI=1S/C15H20Cl2N4O/c1-10(11-7-18-8-11)15(22)21-4-2-20(3-5-21)14-13(17)6-12(16)9-19-14/h6,9-11,18H,2-5,7-8H2,1H3. The van der Waals surface area contributed by atoms with Gasteiger partial charge >= 0.3 is 0 Å². The summed E-state index contributed by atoms with van der Waals surface area (Å²) in [7, 11) is 0. The summed E-state index contributed by atoms with van der Waals surface area (Å²) >= 11 is 12.1. The van der Waals surface area contributed by atoms with E-state index in [4.69, 9.17) is 23.2 Å². The van der Waals surface area contributed by atoms with Crippen LogP contribution in [0.2, 0.25) is 10.0 Å². The van der Waals surface area contributed by atoms with Crippen LogP contribution >= 0.6 is 23.2 Å². The van der Waals surface area contributed by atoms with Gasteiger partial charge in [0.1, 0.15) is 5.82 Å². The van der Waals surface area contributed by atoms with Crippen LogP contribution in [0, 0.1) is 11.8 Å². The first-order chi connectivity index (χ1) is 10.6. The number of anilines is 1. The Morgan fingerprint density at radius 2 is 2.00 bits per heavy atom. The summed E-state index contributed by atoms with van der Waals surface area (Å²) in [6.45, 7) is 6.87. The van der Waals surface area contributed by atoms with Gasteiger partial charge in [-0.2, -0.15) is 0 Å². The highest BCUT2D eigenvalue weighted by molar-refractivity contribution is 6.36. The van der Waals surface area contributed by atoms with Crippen molar-refractivity contribution in [2.75, 3.05) is 44.2 Å². The van der Waals surface area contributed by atoms with Crippen molar-refractivity contribution in [1.29, 1.82) is 0 Å². The number of carbonyl (C=O) groups excluding carboxylic acids is 1. The summed E-state index contributed by atoms with van der Waals surface area (Å²) in [5, 5.41) is 4.32. The summed E-state index contributed by atoms with van der Waals surface area (Å²) in [6.07, 6.45) is 1.60. The Kier molecular flexibility index (Phi) is 4.76. The van der Waals surface area contributed by atoms with Crippen LogP contribution in [-0.4, -0.2) is 55.1 Å². The molecular formula is C15H20Cl2N4O. The van der Waals surface area contributed by atoms with Gasteiger partial charge < -0.3 is 15.1 Å². The topological polar surface area (TPSA) is 48.5 Å². The zero-order valence-corrected chi connectivity index (χ0v) is 14.1. The highest BCUT2D eigenvalue weighted by atomic mass is 35.5. The largest absolute Gasteiger partial charge is 0.352 e. The summed E-state index contributed by atoms with van der Waals surface area (Å²) < 4.78 is 0. The molecule has 0 aromatic carbocycles. The van der Waals surface area contributed by atoms with Crippen molar-refractivity contribution in [2.45, 2.75) is 6.92 Å². The second-order valence-electron chi connectivity index (χ2n) is 5.98. The molecule has 2 aliphatic heterocycles. The maximum absolute atomic E-state index is 12.5. The van der Waals surface area contributed by atoms with Crippen LogP contribution in [-0.2, 0) is 4.79 Å². The minimum atomic E-state index is 0.102. The van der Waals surface area contributed by atoms with Gasteiger partial charge in [-0.1, -0.05) is 30.1 Å². The van der Waals surface area contributed by atoms with Crippen molar-refractivity contribution >= 4 is 34.9 Å². The van der Waals surface area contributed by atoms with E-state index in [1.54, 1.807) is 12.3 Å². The SMILES string of the molecule is CC(C(=O)N1CCN(c2ncc(Cl)cc2Cl)CC1)C1CNC1. The lowest BCUT2D eigenvalue weighted by atomic mass is 9.88. The monoisotopic (exact) mass is 342 g/mol. The number of hydrogen-bond donors (Lipinski definition) is 1. The van der Waals surface area contributed by atoms with Crippen molar-refractivity contribution in [1.82, 2.24) is 15.2 Å². The third-order valence-electron chi connectivity index (χ3n) is 4.59. The number of amides is 1. The Morgan fingerprint density at radius 1 is 1.32 bits per heavy atom. The minimum Gasteiger partial charge on any atom is -0.352 e. The maximum atomic E-state index is 12.5. The lowest BCUT2D eigenvalue weighted by Gasteiger charge is -2.39. The summed E-state index contributed by atoms with van der Waals surface area (Å²) in [6, 6.07) is 1.70. The fraction of sp³-hybridized carbons (Fsp3) is 0.600. The summed E-state index contributed by atoms with van der Waals surface area (Å²) in [4.78, 5) is 20.9. The average Bonchev–Trinajstić information content (AvgIpc) is 2.45. The molecule has 2 aliphatic rings. The Morgan fingerprint density at radius 3 is 2.55 bits per heavy atom. The third-order valence-corrected chi connectivity index (χ3v) is 5.07. The van der Waals surface area contributed by atoms with Gasteiger partial charge in [-0.3, -0.25) is 4.79 Å². The lowest BCUT2D eigenvalue weighted by molar-refractivity contribution is -0.137. The van der Waals surface area contributed by atoms with E-state index in [0.717, 1.165) is 32.0 Å². The molecule has 7 heteroatoms. The predicted octanol–water partition coefficient (Wildman–Crippen LogP) is 1.89. The van der Waals surface area contributed by atoms with Crippen molar-refractivity contribution in [3.8, 4) is 0 Å². The first-order valence-corrected chi connectivity index (χ1v) is 8.37. The highest BCUT2D eigenvalue weighted by Gasteiger charge is 2.33. The van der Waals surface area contributed by atoms with E-state index in [2.05, 4.69) is 15.2 Å². The normalized spacial score (nSPS) is 20.7. The predicted molar refractivity (Wildman–Crippen MR) is 88.6 cm³/mol. The number of piperazine rings is 1. The molecule has 2 fully saturated rings. The van der Waals surface area contributed by atoms with Gasteiger partial charge in [0.15, 0.2) is 0 Å². The number of halogens is 2. The zero-order valence-electron chi connectivity index (χ0n) is 12.6. The molecule has 1 aromatic heterocycles. The van der Waals surface area contributed by atoms with Crippen LogP contribution in [0.1, 0.15) is 6.92 Å². The zero-order chi connectivity index (χ0) is 15.7. The van der Waals surface area contributed by atoms with Crippen LogP contribution in [0.5, 0.6) is 0 Å². The molecule has 1 amide bonds. The number of carbonyl (C=O) groups is 1. The smallest absolute Gasteiger partial charge is 0.225 e. The van der Waals surface area contributed by atoms with Gasteiger partial charge in [0.05, 0.1) is 10.0 Å². The van der Waals surface area contributed by atoms with Gasteiger partial charge in [0.25, 0.3) is 0 Å². The second-order valence-corrected chi connectivity index (χ2v) is 6.82. The van der Waals surface area contributed by atoms with Crippen LogP contribution in [0.3, 0.4) is 0 Å². The van der Waals surface area contributed by atoms with Gasteiger partial charge in [0, 0.05) is 38.3 Å². The lowest BCUT2D eigenvalue weighted by Crippen LogP contribution is -2.54. The number of hydrogen-bond acceptors (Lipinski definition) is 4. The van der Waals surface area contributed by atoms with Crippen molar-refractivity contribution < 1.29 is 4.79 Å². The molecule has 0 bridgehead atoms. The van der Waals surface area contributed by atoms with Gasteiger partial charge in [-0.25, -0.2) is 4.98 Å². The Balaban J connectivity index is 1.59. The van der Waals surface area contributed by atoms with E-state index in [1.807, 2.05) is 11.8 Å². The second kappa shape index (κ2) is 6.60. The van der Waals surface area contributed by atoms with Crippen LogP contribution < -0.4 is 10.2 Å². The highest BCUT2D eigenvalue weighted by Crippen LogP contribution is 2.27. The molecule has 1 unspecified atom stereocenters.